The van der Waals surface area contributed by atoms with Gasteiger partial charge in [-0.25, -0.2) is 0 Å². The summed E-state index contributed by atoms with van der Waals surface area (Å²) in [4.78, 5) is 10.7. The third-order valence-corrected chi connectivity index (χ3v) is 3.47. The summed E-state index contributed by atoms with van der Waals surface area (Å²) in [6.45, 7) is 0. The molecule has 0 radical (unpaired) electrons. The topological polar surface area (TPSA) is 26.3 Å². The fourth-order valence-electron chi connectivity index (χ4n) is 0.836. The van der Waals surface area contributed by atoms with Crippen LogP contribution in [0.4, 0.5) is 0 Å². The molecule has 0 aliphatic heterocycles. The van der Waals surface area contributed by atoms with Crippen LogP contribution in [0.25, 0.3) is 0 Å². The molecule has 0 aromatic carbocycles. The van der Waals surface area contributed by atoms with E-state index in [4.69, 9.17) is 0 Å². The molecule has 0 aromatic heterocycles. The Morgan fingerprint density at radius 3 is 3.18 bits per heavy atom. The molecule has 0 N–H and O–H groups in total. The molecule has 11 heavy (non-hydrogen) atoms. The van der Waals surface area contributed by atoms with Gasteiger partial charge in [-0.2, -0.15) is 0 Å². The molecule has 0 saturated heterocycles. The molecule has 2 nitrogen and oxygen atoms in total. The zero-order valence-corrected chi connectivity index (χ0v) is 8.02. The van der Waals surface area contributed by atoms with E-state index in [0.717, 1.165) is 6.42 Å². The fourth-order valence-corrected chi connectivity index (χ4v) is 2.39. The van der Waals surface area contributed by atoms with E-state index < -0.39 is 0 Å². The van der Waals surface area contributed by atoms with Gasteiger partial charge in [0.15, 0.2) is 0 Å². The molecule has 0 fully saturated rings. The van der Waals surface area contributed by atoms with Crippen LogP contribution in [0.2, 0.25) is 4.73 Å². The van der Waals surface area contributed by atoms with Crippen LogP contribution in [-0.2, 0) is 28.7 Å². The van der Waals surface area contributed by atoms with Gasteiger partial charge >= 0.3 is 75.0 Å². The average Bonchev–Trinajstić information content (AvgIpc) is 2.52. The third kappa shape index (κ3) is 3.04. The maximum atomic E-state index is 10.7. The number of hydrogen-bond acceptors (Lipinski definition) is 2. The molecule has 0 saturated carbocycles. The van der Waals surface area contributed by atoms with E-state index in [1.54, 1.807) is 0 Å². The molecule has 0 unspecified atom stereocenters. The van der Waals surface area contributed by atoms with Crippen LogP contribution >= 0.6 is 0 Å². The Bertz CT molecular complexity index is 206. The van der Waals surface area contributed by atoms with Crippen molar-refractivity contribution in [3.05, 3.63) is 22.1 Å². The van der Waals surface area contributed by atoms with Gasteiger partial charge in [-0.3, -0.25) is 0 Å². The van der Waals surface area contributed by atoms with Gasteiger partial charge in [0.2, 0.25) is 0 Å². The van der Waals surface area contributed by atoms with Gasteiger partial charge in [0, 0.05) is 0 Å². The van der Waals surface area contributed by atoms with Crippen molar-refractivity contribution in [1.29, 1.82) is 0 Å². The summed E-state index contributed by atoms with van der Waals surface area (Å²) in [5.41, 5.74) is 0. The molecule has 0 atom stereocenters. The van der Waals surface area contributed by atoms with E-state index in [1.807, 2.05) is 0 Å². The third-order valence-electron chi connectivity index (χ3n) is 1.46. The van der Waals surface area contributed by atoms with Gasteiger partial charge in [0.1, 0.15) is 0 Å². The standard InChI is InChI=1S/C5H5.C3H5O2.Ti/c1-2-4-5-3-1;1-3(4)5-2;/h1-3H,4H2;1H2,2H3;. The maximum absolute atomic E-state index is 10.7. The zero-order chi connectivity index (χ0) is 8.10. The van der Waals surface area contributed by atoms with E-state index >= 15 is 0 Å². The van der Waals surface area contributed by atoms with Crippen molar-refractivity contribution >= 4 is 5.97 Å². The molecule has 0 amide bonds. The number of allylic oxidation sites excluding steroid dienone is 4. The Kier molecular flexibility index (Phi) is 3.60. The van der Waals surface area contributed by atoms with Crippen molar-refractivity contribution in [1.82, 2.24) is 0 Å². The SMILES string of the molecule is COC(=O)[CH2][Ti][C]1=CC=CC1. The molecule has 0 spiro atoms. The van der Waals surface area contributed by atoms with Crippen molar-refractivity contribution in [2.45, 2.75) is 11.1 Å². The summed E-state index contributed by atoms with van der Waals surface area (Å²) >= 11 is -0.229. The molecule has 1 rings (SSSR count). The summed E-state index contributed by atoms with van der Waals surface area (Å²) in [5, 5.41) is 0. The summed E-state index contributed by atoms with van der Waals surface area (Å²) in [5.74, 6) is -0.0715. The fraction of sp³-hybridized carbons (Fsp3) is 0.375. The Morgan fingerprint density at radius 1 is 1.82 bits per heavy atom. The average molecular weight is 186 g/mol. The minimum atomic E-state index is -0.229. The molecule has 1 aliphatic carbocycles. The van der Waals surface area contributed by atoms with Crippen LogP contribution in [0.1, 0.15) is 6.42 Å². The van der Waals surface area contributed by atoms with Gasteiger partial charge < -0.3 is 0 Å². The summed E-state index contributed by atoms with van der Waals surface area (Å²) in [6.07, 6.45) is 7.34. The Morgan fingerprint density at radius 2 is 2.64 bits per heavy atom. The Balaban J connectivity index is 2.18. The first-order chi connectivity index (χ1) is 5.33. The van der Waals surface area contributed by atoms with Crippen LogP contribution in [0.15, 0.2) is 22.1 Å². The van der Waals surface area contributed by atoms with E-state index in [0.29, 0.717) is 4.73 Å². The second-order valence-corrected chi connectivity index (χ2v) is 4.36. The van der Waals surface area contributed by atoms with E-state index in [1.165, 1.54) is 11.0 Å². The quantitative estimate of drug-likeness (QED) is 0.493. The normalized spacial score (nSPS) is 14.5. The first-order valence-corrected chi connectivity index (χ1v) is 5.38. The van der Waals surface area contributed by atoms with Crippen molar-refractivity contribution in [3.8, 4) is 0 Å². The van der Waals surface area contributed by atoms with Gasteiger partial charge in [-0.15, -0.1) is 0 Å². The van der Waals surface area contributed by atoms with E-state index in [2.05, 4.69) is 23.0 Å². The molecule has 0 heterocycles. The van der Waals surface area contributed by atoms with Gasteiger partial charge in [-0.05, 0) is 0 Å². The molecule has 3 heteroatoms. The van der Waals surface area contributed by atoms with Gasteiger partial charge in [-0.1, -0.05) is 0 Å². The number of carbonyl (C=O) groups is 1. The number of ether oxygens (including phenoxy) is 1. The second-order valence-electron chi connectivity index (χ2n) is 2.25. The van der Waals surface area contributed by atoms with Crippen LogP contribution in [-0.4, -0.2) is 13.1 Å². The minimum absolute atomic E-state index is 0.0715. The van der Waals surface area contributed by atoms with Gasteiger partial charge in [0.25, 0.3) is 0 Å². The Labute approximate surface area is 75.2 Å². The zero-order valence-electron chi connectivity index (χ0n) is 6.46. The van der Waals surface area contributed by atoms with E-state index in [9.17, 15) is 4.79 Å². The predicted molar refractivity (Wildman–Crippen MR) is 38.7 cm³/mol. The van der Waals surface area contributed by atoms with Crippen molar-refractivity contribution in [3.63, 3.8) is 0 Å². The number of rotatable bonds is 3. The predicted octanol–water partition coefficient (Wildman–Crippen LogP) is 1.50. The summed E-state index contributed by atoms with van der Waals surface area (Å²) < 4.78 is 6.62. The second kappa shape index (κ2) is 4.52. The van der Waals surface area contributed by atoms with Crippen LogP contribution < -0.4 is 0 Å². The van der Waals surface area contributed by atoms with Gasteiger partial charge in [0.05, 0.1) is 0 Å². The van der Waals surface area contributed by atoms with Crippen LogP contribution in [0.3, 0.4) is 0 Å². The van der Waals surface area contributed by atoms with Crippen molar-refractivity contribution in [2.75, 3.05) is 7.11 Å². The summed E-state index contributed by atoms with van der Waals surface area (Å²) in [7, 11) is 1.44. The molecule has 0 aromatic rings. The Hall–Kier alpha value is -0.336. The number of hydrogen-bond donors (Lipinski definition) is 0. The molecular formula is C8H10O2Ti. The van der Waals surface area contributed by atoms with Crippen LogP contribution in [0, 0.1) is 0 Å². The number of methoxy groups -OCH3 is 1. The van der Waals surface area contributed by atoms with E-state index in [-0.39, 0.29) is 25.1 Å². The van der Waals surface area contributed by atoms with Crippen molar-refractivity contribution < 1.29 is 28.7 Å². The van der Waals surface area contributed by atoms with Crippen molar-refractivity contribution in [2.24, 2.45) is 0 Å². The molecule has 1 aliphatic rings. The number of carbonyl (C=O) groups excluding carboxylic acids is 1. The molecule has 58 valence electrons. The molecule has 0 bridgehead atoms. The first-order valence-electron chi connectivity index (χ1n) is 3.49. The van der Waals surface area contributed by atoms with Crippen LogP contribution in [0.5, 0.6) is 0 Å². The molecular weight excluding hydrogens is 176 g/mol. The first kappa shape index (κ1) is 8.76. The summed E-state index contributed by atoms with van der Waals surface area (Å²) in [6, 6.07) is 0. The monoisotopic (exact) mass is 186 g/mol. The number of esters is 1.